The molecule has 1 atom stereocenters. The van der Waals surface area contributed by atoms with E-state index in [1.807, 2.05) is 78.7 Å². The van der Waals surface area contributed by atoms with Gasteiger partial charge in [-0.15, -0.1) is 0 Å². The summed E-state index contributed by atoms with van der Waals surface area (Å²) in [5.74, 6) is -0.144. The second-order valence-electron chi connectivity index (χ2n) is 7.91. The van der Waals surface area contributed by atoms with Crippen LogP contribution in [0.5, 0.6) is 5.75 Å². The van der Waals surface area contributed by atoms with Crippen molar-refractivity contribution >= 4 is 28.6 Å². The molecule has 0 bridgehead atoms. The summed E-state index contributed by atoms with van der Waals surface area (Å²) in [6, 6.07) is 24.2. The monoisotopic (exact) mass is 472 g/mol. The van der Waals surface area contributed by atoms with Crippen molar-refractivity contribution in [3.8, 4) is 17.3 Å². The molecular formula is C26H21ClN4O3. The maximum absolute atomic E-state index is 13.0. The van der Waals surface area contributed by atoms with E-state index in [2.05, 4.69) is 9.97 Å². The van der Waals surface area contributed by atoms with Crippen molar-refractivity contribution in [3.63, 3.8) is 0 Å². The van der Waals surface area contributed by atoms with Gasteiger partial charge in [0.2, 0.25) is 11.7 Å². The summed E-state index contributed by atoms with van der Waals surface area (Å²) in [4.78, 5) is 23.9. The summed E-state index contributed by atoms with van der Waals surface area (Å²) in [7, 11) is 3.39. The molecule has 3 aromatic carbocycles. The second kappa shape index (κ2) is 8.68. The van der Waals surface area contributed by atoms with Gasteiger partial charge in [-0.2, -0.15) is 0 Å². The number of para-hydroxylation sites is 2. The van der Waals surface area contributed by atoms with E-state index >= 15 is 0 Å². The molecule has 170 valence electrons. The third-order valence-corrected chi connectivity index (χ3v) is 6.10. The van der Waals surface area contributed by atoms with Crippen LogP contribution in [0.15, 0.2) is 88.1 Å². The standard InChI is InChI=1S/C26H21ClN4O3/c1-30(22(16-10-4-3-5-11-16)17-12-6-7-13-18(17)27)26-29-21(23(32)25(33)31(26)2)24-28-19-14-8-9-15-20(19)34-24/h3-15,22,32H,1-2H3. The molecule has 5 aromatic rings. The number of aromatic nitrogens is 3. The molecule has 0 spiro atoms. The highest BCUT2D eigenvalue weighted by molar-refractivity contribution is 6.31. The van der Waals surface area contributed by atoms with Gasteiger partial charge in [0.15, 0.2) is 11.3 Å². The Balaban J connectivity index is 1.70. The first-order chi connectivity index (χ1) is 16.5. The Morgan fingerprint density at radius 2 is 1.65 bits per heavy atom. The number of aromatic hydroxyl groups is 1. The van der Waals surface area contributed by atoms with Crippen molar-refractivity contribution in [2.75, 3.05) is 11.9 Å². The summed E-state index contributed by atoms with van der Waals surface area (Å²) in [5, 5.41) is 11.2. The largest absolute Gasteiger partial charge is 0.501 e. The molecular weight excluding hydrogens is 452 g/mol. The van der Waals surface area contributed by atoms with E-state index in [1.165, 1.54) is 4.57 Å². The molecule has 2 heterocycles. The zero-order valence-electron chi connectivity index (χ0n) is 18.5. The van der Waals surface area contributed by atoms with Gasteiger partial charge in [0.25, 0.3) is 11.4 Å². The van der Waals surface area contributed by atoms with Crippen LogP contribution in [0.4, 0.5) is 5.95 Å². The lowest BCUT2D eigenvalue weighted by Gasteiger charge is -2.31. The van der Waals surface area contributed by atoms with Gasteiger partial charge < -0.3 is 14.4 Å². The Hall–Kier alpha value is -4.10. The first-order valence-electron chi connectivity index (χ1n) is 10.6. The quantitative estimate of drug-likeness (QED) is 0.379. The molecule has 0 saturated heterocycles. The van der Waals surface area contributed by atoms with Gasteiger partial charge in [-0.3, -0.25) is 9.36 Å². The summed E-state index contributed by atoms with van der Waals surface area (Å²) in [5.41, 5.74) is 2.32. The maximum Gasteiger partial charge on any atom is 0.297 e. The maximum atomic E-state index is 13.0. The van der Waals surface area contributed by atoms with E-state index in [-0.39, 0.29) is 17.6 Å². The van der Waals surface area contributed by atoms with Crippen LogP contribution < -0.4 is 10.5 Å². The van der Waals surface area contributed by atoms with Crippen LogP contribution in [0.1, 0.15) is 17.2 Å². The molecule has 2 aromatic heterocycles. The highest BCUT2D eigenvalue weighted by atomic mass is 35.5. The summed E-state index contributed by atoms with van der Waals surface area (Å²) < 4.78 is 7.09. The fraction of sp³-hybridized carbons (Fsp3) is 0.115. The molecule has 5 rings (SSSR count). The number of anilines is 1. The van der Waals surface area contributed by atoms with Crippen molar-refractivity contribution in [2.45, 2.75) is 6.04 Å². The number of hydrogen-bond donors (Lipinski definition) is 1. The normalized spacial score (nSPS) is 12.1. The Morgan fingerprint density at radius 1 is 0.971 bits per heavy atom. The smallest absolute Gasteiger partial charge is 0.297 e. The lowest BCUT2D eigenvalue weighted by Crippen LogP contribution is -2.33. The molecule has 1 N–H and O–H groups in total. The minimum absolute atomic E-state index is 0.0212. The zero-order valence-corrected chi connectivity index (χ0v) is 19.3. The van der Waals surface area contributed by atoms with Gasteiger partial charge in [-0.25, -0.2) is 9.97 Å². The average Bonchev–Trinajstić information content (AvgIpc) is 3.29. The molecule has 0 fully saturated rings. The molecule has 8 heteroatoms. The average molecular weight is 473 g/mol. The molecule has 1 unspecified atom stereocenters. The molecule has 0 saturated carbocycles. The predicted molar refractivity (Wildman–Crippen MR) is 132 cm³/mol. The minimum atomic E-state index is -0.611. The fourth-order valence-corrected chi connectivity index (χ4v) is 4.32. The van der Waals surface area contributed by atoms with Gasteiger partial charge in [0.1, 0.15) is 5.52 Å². The third-order valence-electron chi connectivity index (χ3n) is 5.76. The van der Waals surface area contributed by atoms with Crippen LogP contribution in [0, 0.1) is 0 Å². The number of benzene rings is 3. The van der Waals surface area contributed by atoms with Crippen LogP contribution in [0.25, 0.3) is 22.7 Å². The Labute approximate surface area is 200 Å². The van der Waals surface area contributed by atoms with Gasteiger partial charge in [0, 0.05) is 19.1 Å². The van der Waals surface area contributed by atoms with E-state index < -0.39 is 11.3 Å². The molecule has 0 radical (unpaired) electrons. The van der Waals surface area contributed by atoms with Crippen molar-refractivity contribution in [1.82, 2.24) is 14.5 Å². The summed E-state index contributed by atoms with van der Waals surface area (Å²) in [6.45, 7) is 0. The van der Waals surface area contributed by atoms with Crippen molar-refractivity contribution in [3.05, 3.63) is 105 Å². The first kappa shape index (κ1) is 21.7. The number of fused-ring (bicyclic) bond motifs is 1. The SMILES string of the molecule is CN(c1nc(-c2nc3ccccc3o2)c(O)c(=O)n1C)C(c1ccccc1)c1ccccc1Cl. The molecule has 7 nitrogen and oxygen atoms in total. The van der Waals surface area contributed by atoms with Crippen molar-refractivity contribution in [2.24, 2.45) is 7.05 Å². The molecule has 34 heavy (non-hydrogen) atoms. The molecule has 0 amide bonds. The molecule has 0 aliphatic rings. The third kappa shape index (κ3) is 3.70. The lowest BCUT2D eigenvalue weighted by molar-refractivity contribution is 0.455. The number of rotatable bonds is 5. The van der Waals surface area contributed by atoms with E-state index in [9.17, 15) is 9.90 Å². The number of nitrogens with zero attached hydrogens (tertiary/aromatic N) is 4. The van der Waals surface area contributed by atoms with Crippen molar-refractivity contribution in [1.29, 1.82) is 0 Å². The van der Waals surface area contributed by atoms with E-state index in [0.29, 0.717) is 22.1 Å². The number of halogens is 1. The minimum Gasteiger partial charge on any atom is -0.501 e. The Bertz CT molecular complexity index is 1510. The topological polar surface area (TPSA) is 84.4 Å². The van der Waals surface area contributed by atoms with E-state index in [1.54, 1.807) is 19.2 Å². The van der Waals surface area contributed by atoms with Gasteiger partial charge in [-0.05, 0) is 29.3 Å². The van der Waals surface area contributed by atoms with E-state index in [4.69, 9.17) is 16.0 Å². The van der Waals surface area contributed by atoms with Gasteiger partial charge >= 0.3 is 0 Å². The molecule has 0 aliphatic heterocycles. The zero-order chi connectivity index (χ0) is 23.8. The van der Waals surface area contributed by atoms with Gasteiger partial charge in [0.05, 0.1) is 6.04 Å². The van der Waals surface area contributed by atoms with Crippen LogP contribution in [-0.4, -0.2) is 26.7 Å². The number of hydrogen-bond acceptors (Lipinski definition) is 6. The van der Waals surface area contributed by atoms with Crippen LogP contribution in [-0.2, 0) is 7.05 Å². The van der Waals surface area contributed by atoms with Crippen LogP contribution in [0.2, 0.25) is 5.02 Å². The lowest BCUT2D eigenvalue weighted by atomic mass is 9.97. The second-order valence-corrected chi connectivity index (χ2v) is 8.31. The summed E-state index contributed by atoms with van der Waals surface area (Å²) in [6.07, 6.45) is 0. The van der Waals surface area contributed by atoms with E-state index in [0.717, 1.165) is 11.1 Å². The summed E-state index contributed by atoms with van der Waals surface area (Å²) >= 11 is 6.59. The fourth-order valence-electron chi connectivity index (χ4n) is 4.08. The highest BCUT2D eigenvalue weighted by Crippen LogP contribution is 2.36. The number of oxazole rings is 1. The van der Waals surface area contributed by atoms with Crippen LogP contribution in [0.3, 0.4) is 0 Å². The van der Waals surface area contributed by atoms with Gasteiger partial charge in [-0.1, -0.05) is 72.3 Å². The molecule has 0 aliphatic carbocycles. The Kier molecular flexibility index (Phi) is 5.55. The first-order valence-corrected chi connectivity index (χ1v) is 11.0. The predicted octanol–water partition coefficient (Wildman–Crippen LogP) is 5.17. The Morgan fingerprint density at radius 3 is 2.38 bits per heavy atom. The van der Waals surface area contributed by atoms with Crippen LogP contribution >= 0.6 is 11.6 Å². The van der Waals surface area contributed by atoms with Crippen molar-refractivity contribution < 1.29 is 9.52 Å². The highest BCUT2D eigenvalue weighted by Gasteiger charge is 2.27.